The summed E-state index contributed by atoms with van der Waals surface area (Å²) in [5, 5.41) is 24.1. The zero-order chi connectivity index (χ0) is 23.0. The summed E-state index contributed by atoms with van der Waals surface area (Å²) in [5.74, 6) is -4.80. The van der Waals surface area contributed by atoms with Crippen molar-refractivity contribution in [3.63, 3.8) is 0 Å². The van der Waals surface area contributed by atoms with E-state index in [2.05, 4.69) is 10.6 Å². The number of carbonyl (C=O) groups is 2. The monoisotopic (exact) mass is 448 g/mol. The van der Waals surface area contributed by atoms with Crippen LogP contribution in [-0.2, 0) is 20.4 Å². The first kappa shape index (κ1) is 23.4. The molecule has 0 fully saturated rings. The standard InChI is InChI=1S/C19H17FN4O6S/c20-15-7-4-8-17(24(27)28)14(15)11-31(29,30)12-16(19(26)22-10-9-21)23-18(25)13-5-2-1-3-6-13/h1-8,16H,10-12H2,(H,22,26)(H,23,25). The molecule has 1 atom stereocenters. The molecule has 0 aliphatic carbocycles. The lowest BCUT2D eigenvalue weighted by Gasteiger charge is -2.18. The predicted octanol–water partition coefficient (Wildman–Crippen LogP) is 1.09. The third-order valence-corrected chi connectivity index (χ3v) is 5.64. The van der Waals surface area contributed by atoms with E-state index in [1.165, 1.54) is 12.1 Å². The number of hydrogen-bond acceptors (Lipinski definition) is 7. The van der Waals surface area contributed by atoms with E-state index in [-0.39, 0.29) is 5.56 Å². The maximum Gasteiger partial charge on any atom is 0.276 e. The number of nitrogens with zero attached hydrogens (tertiary/aromatic N) is 2. The zero-order valence-corrected chi connectivity index (χ0v) is 16.8. The summed E-state index contributed by atoms with van der Waals surface area (Å²) in [6.45, 7) is -0.435. The van der Waals surface area contributed by atoms with Crippen LogP contribution in [0.25, 0.3) is 0 Å². The lowest BCUT2D eigenvalue weighted by molar-refractivity contribution is -0.385. The second-order valence-electron chi connectivity index (χ2n) is 6.32. The van der Waals surface area contributed by atoms with Crippen molar-refractivity contribution in [2.24, 2.45) is 0 Å². The number of nitrogens with one attached hydrogen (secondary N) is 2. The Bertz CT molecular complexity index is 1130. The van der Waals surface area contributed by atoms with E-state index in [0.29, 0.717) is 0 Å². The molecule has 0 spiro atoms. The van der Waals surface area contributed by atoms with Crippen molar-refractivity contribution in [2.45, 2.75) is 11.8 Å². The highest BCUT2D eigenvalue weighted by Gasteiger charge is 2.30. The summed E-state index contributed by atoms with van der Waals surface area (Å²) < 4.78 is 39.4. The van der Waals surface area contributed by atoms with Gasteiger partial charge in [-0.15, -0.1) is 0 Å². The molecule has 0 aromatic heterocycles. The van der Waals surface area contributed by atoms with Crippen molar-refractivity contribution in [1.82, 2.24) is 10.6 Å². The van der Waals surface area contributed by atoms with Crippen LogP contribution >= 0.6 is 0 Å². The zero-order valence-electron chi connectivity index (χ0n) is 15.9. The van der Waals surface area contributed by atoms with E-state index in [1.807, 2.05) is 0 Å². The Morgan fingerprint density at radius 3 is 2.45 bits per heavy atom. The van der Waals surface area contributed by atoms with Gasteiger partial charge in [-0.3, -0.25) is 19.7 Å². The molecule has 1 unspecified atom stereocenters. The fourth-order valence-electron chi connectivity index (χ4n) is 2.66. The van der Waals surface area contributed by atoms with Crippen LogP contribution in [0.15, 0.2) is 48.5 Å². The number of nitro groups is 1. The number of nitriles is 1. The number of benzene rings is 2. The van der Waals surface area contributed by atoms with E-state index in [1.54, 1.807) is 24.3 Å². The minimum absolute atomic E-state index is 0.155. The van der Waals surface area contributed by atoms with Gasteiger partial charge in [0.05, 0.1) is 28.1 Å². The van der Waals surface area contributed by atoms with Gasteiger partial charge in [-0.05, 0) is 18.2 Å². The first-order valence-electron chi connectivity index (χ1n) is 8.77. The highest BCUT2D eigenvalue weighted by Crippen LogP contribution is 2.24. The lowest BCUT2D eigenvalue weighted by Crippen LogP contribution is -2.50. The minimum atomic E-state index is -4.31. The average molecular weight is 448 g/mol. The van der Waals surface area contributed by atoms with Gasteiger partial charge in [0, 0.05) is 11.6 Å². The molecule has 0 saturated heterocycles. The van der Waals surface area contributed by atoms with Gasteiger partial charge in [0.2, 0.25) is 5.91 Å². The molecule has 12 heteroatoms. The van der Waals surface area contributed by atoms with Gasteiger partial charge in [0.1, 0.15) is 18.4 Å². The van der Waals surface area contributed by atoms with Gasteiger partial charge in [-0.1, -0.05) is 24.3 Å². The molecule has 2 rings (SSSR count). The number of nitro benzene ring substituents is 1. The fourth-order valence-corrected chi connectivity index (χ4v) is 4.24. The minimum Gasteiger partial charge on any atom is -0.341 e. The Labute approximate surface area is 176 Å². The van der Waals surface area contributed by atoms with Gasteiger partial charge in [-0.25, -0.2) is 12.8 Å². The fraction of sp³-hybridized carbons (Fsp3) is 0.211. The van der Waals surface area contributed by atoms with Crippen molar-refractivity contribution in [2.75, 3.05) is 12.3 Å². The summed E-state index contributed by atoms with van der Waals surface area (Å²) in [5.41, 5.74) is -1.22. The smallest absolute Gasteiger partial charge is 0.276 e. The number of carbonyl (C=O) groups excluding carboxylic acids is 2. The summed E-state index contributed by atoms with van der Waals surface area (Å²) >= 11 is 0. The van der Waals surface area contributed by atoms with Crippen LogP contribution in [-0.4, -0.2) is 43.5 Å². The number of rotatable bonds is 9. The van der Waals surface area contributed by atoms with E-state index in [4.69, 9.17) is 5.26 Å². The summed E-state index contributed by atoms with van der Waals surface area (Å²) in [6.07, 6.45) is 0. The molecule has 0 heterocycles. The normalized spacial score (nSPS) is 11.7. The highest BCUT2D eigenvalue weighted by atomic mass is 32.2. The van der Waals surface area contributed by atoms with Gasteiger partial charge in [-0.2, -0.15) is 5.26 Å². The summed E-state index contributed by atoms with van der Waals surface area (Å²) in [6, 6.07) is 10.6. The number of halogens is 1. The highest BCUT2D eigenvalue weighted by molar-refractivity contribution is 7.90. The first-order chi connectivity index (χ1) is 14.6. The molecule has 0 radical (unpaired) electrons. The van der Waals surface area contributed by atoms with Gasteiger partial charge >= 0.3 is 0 Å². The third kappa shape index (κ3) is 6.58. The van der Waals surface area contributed by atoms with Crippen LogP contribution in [0.3, 0.4) is 0 Å². The maximum absolute atomic E-state index is 14.1. The van der Waals surface area contributed by atoms with Gasteiger partial charge < -0.3 is 10.6 Å². The Hall–Kier alpha value is -3.85. The number of amides is 2. The molecule has 0 bridgehead atoms. The molecule has 0 saturated carbocycles. The van der Waals surface area contributed by atoms with Crippen LogP contribution in [0.2, 0.25) is 0 Å². The molecule has 162 valence electrons. The van der Waals surface area contributed by atoms with Crippen molar-refractivity contribution in [3.8, 4) is 6.07 Å². The van der Waals surface area contributed by atoms with Crippen molar-refractivity contribution >= 4 is 27.3 Å². The van der Waals surface area contributed by atoms with Crippen molar-refractivity contribution in [3.05, 3.63) is 75.6 Å². The molecule has 31 heavy (non-hydrogen) atoms. The molecule has 0 aliphatic rings. The van der Waals surface area contributed by atoms with Crippen LogP contribution in [0.4, 0.5) is 10.1 Å². The van der Waals surface area contributed by atoms with E-state index >= 15 is 0 Å². The van der Waals surface area contributed by atoms with Crippen LogP contribution in [0.5, 0.6) is 0 Å². The van der Waals surface area contributed by atoms with Crippen LogP contribution < -0.4 is 10.6 Å². The van der Waals surface area contributed by atoms with E-state index in [9.17, 15) is 32.5 Å². The second kappa shape index (κ2) is 10.3. The molecule has 2 N–H and O–H groups in total. The summed E-state index contributed by atoms with van der Waals surface area (Å²) in [7, 11) is -4.31. The maximum atomic E-state index is 14.1. The molecule has 2 aromatic rings. The predicted molar refractivity (Wildman–Crippen MR) is 107 cm³/mol. The molecular formula is C19H17FN4O6S. The second-order valence-corrected chi connectivity index (χ2v) is 8.43. The molecule has 2 amide bonds. The lowest BCUT2D eigenvalue weighted by atomic mass is 10.2. The quantitative estimate of drug-likeness (QED) is 0.330. The Morgan fingerprint density at radius 2 is 1.84 bits per heavy atom. The third-order valence-electron chi connectivity index (χ3n) is 4.08. The van der Waals surface area contributed by atoms with Crippen molar-refractivity contribution < 1.29 is 27.3 Å². The van der Waals surface area contributed by atoms with Crippen LogP contribution in [0.1, 0.15) is 15.9 Å². The molecule has 10 nitrogen and oxygen atoms in total. The van der Waals surface area contributed by atoms with Crippen molar-refractivity contribution in [1.29, 1.82) is 5.26 Å². The van der Waals surface area contributed by atoms with Crippen LogP contribution in [0, 0.1) is 27.3 Å². The molecule has 2 aromatic carbocycles. The van der Waals surface area contributed by atoms with E-state index in [0.717, 1.165) is 18.2 Å². The average Bonchev–Trinajstić information content (AvgIpc) is 2.73. The van der Waals surface area contributed by atoms with Gasteiger partial charge in [0.15, 0.2) is 9.84 Å². The SMILES string of the molecule is N#CCNC(=O)C(CS(=O)(=O)Cc1c(F)cccc1[N+](=O)[O-])NC(=O)c1ccccc1. The molecular weight excluding hydrogens is 431 g/mol. The number of sulfone groups is 1. The largest absolute Gasteiger partial charge is 0.341 e. The Morgan fingerprint density at radius 1 is 1.16 bits per heavy atom. The Balaban J connectivity index is 2.29. The summed E-state index contributed by atoms with van der Waals surface area (Å²) in [4.78, 5) is 34.9. The topological polar surface area (TPSA) is 159 Å². The van der Waals surface area contributed by atoms with Gasteiger partial charge in [0.25, 0.3) is 11.6 Å². The Kier molecular flexibility index (Phi) is 7.75. The first-order valence-corrected chi connectivity index (χ1v) is 10.6. The number of hydrogen-bond donors (Lipinski definition) is 2. The molecule has 0 aliphatic heterocycles. The van der Waals surface area contributed by atoms with E-state index < -0.39 is 67.7 Å².